The van der Waals surface area contributed by atoms with Crippen LogP contribution >= 0.6 is 0 Å². The Morgan fingerprint density at radius 3 is 2.43 bits per heavy atom. The second kappa shape index (κ2) is 7.57. The van der Waals surface area contributed by atoms with E-state index >= 15 is 0 Å². The van der Waals surface area contributed by atoms with Crippen molar-refractivity contribution in [3.63, 3.8) is 0 Å². The number of hydrogen-bond acceptors (Lipinski definition) is 3. The van der Waals surface area contributed by atoms with Gasteiger partial charge in [0.15, 0.2) is 0 Å². The molecular weight excluding hydrogens is 374 g/mol. The monoisotopic (exact) mass is 405 g/mol. The van der Waals surface area contributed by atoms with Crippen LogP contribution in [-0.4, -0.2) is 18.5 Å². The molecule has 0 heterocycles. The summed E-state index contributed by atoms with van der Waals surface area (Å²) in [6, 6.07) is 16.1. The van der Waals surface area contributed by atoms with Crippen LogP contribution in [0.15, 0.2) is 48.5 Å². The highest BCUT2D eigenvalue weighted by Crippen LogP contribution is 2.65. The molecule has 4 rings (SSSR count). The summed E-state index contributed by atoms with van der Waals surface area (Å²) in [7, 11) is 0. The molecule has 0 bridgehead atoms. The number of carbonyl (C=O) groups is 2. The van der Waals surface area contributed by atoms with E-state index in [4.69, 9.17) is 4.74 Å². The van der Waals surface area contributed by atoms with Crippen molar-refractivity contribution in [3.05, 3.63) is 65.2 Å². The molecule has 4 heteroatoms. The lowest BCUT2D eigenvalue weighted by molar-refractivity contribution is -0.148. The maximum Gasteiger partial charge on any atom is 0.315 e. The number of benzene rings is 2. The van der Waals surface area contributed by atoms with Crippen LogP contribution in [-0.2, 0) is 26.2 Å². The second-order valence-electron chi connectivity index (χ2n) is 9.42. The van der Waals surface area contributed by atoms with Gasteiger partial charge in [-0.2, -0.15) is 0 Å². The van der Waals surface area contributed by atoms with Gasteiger partial charge in [-0.1, -0.05) is 43.3 Å². The van der Waals surface area contributed by atoms with Crippen LogP contribution in [0.4, 0.5) is 5.69 Å². The summed E-state index contributed by atoms with van der Waals surface area (Å²) in [6.45, 7) is 7.93. The van der Waals surface area contributed by atoms with Gasteiger partial charge in [-0.15, -0.1) is 0 Å². The van der Waals surface area contributed by atoms with Crippen molar-refractivity contribution in [1.82, 2.24) is 0 Å². The van der Waals surface area contributed by atoms with Gasteiger partial charge in [-0.25, -0.2) is 0 Å². The first-order valence-corrected chi connectivity index (χ1v) is 10.9. The molecule has 1 fully saturated rings. The molecule has 0 aliphatic heterocycles. The van der Waals surface area contributed by atoms with Crippen molar-refractivity contribution in [2.45, 2.75) is 58.3 Å². The fourth-order valence-electron chi connectivity index (χ4n) is 5.07. The topological polar surface area (TPSA) is 55.4 Å². The minimum absolute atomic E-state index is 0.0559. The quantitative estimate of drug-likeness (QED) is 0.670. The highest BCUT2D eigenvalue weighted by molar-refractivity contribution is 5.93. The van der Waals surface area contributed by atoms with E-state index < -0.39 is 5.41 Å². The van der Waals surface area contributed by atoms with Crippen LogP contribution in [0.1, 0.15) is 63.1 Å². The zero-order valence-electron chi connectivity index (χ0n) is 18.3. The maximum absolute atomic E-state index is 13.1. The number of fused-ring (bicyclic) bond motifs is 1. The Hall–Kier alpha value is -2.62. The smallest absolute Gasteiger partial charge is 0.315 e. The molecule has 0 radical (unpaired) electrons. The van der Waals surface area contributed by atoms with E-state index in [1.54, 1.807) is 0 Å². The lowest BCUT2D eigenvalue weighted by atomic mass is 9.79. The van der Waals surface area contributed by atoms with Gasteiger partial charge < -0.3 is 10.1 Å². The van der Waals surface area contributed by atoms with Gasteiger partial charge in [-0.05, 0) is 74.3 Å². The normalized spacial score (nSPS) is 19.8. The number of esters is 1. The Kier molecular flexibility index (Phi) is 5.21. The minimum atomic E-state index is -0.724. The molecule has 1 spiro atoms. The van der Waals surface area contributed by atoms with E-state index in [2.05, 4.69) is 36.5 Å². The maximum atomic E-state index is 13.1. The Morgan fingerprint density at radius 1 is 1.13 bits per heavy atom. The van der Waals surface area contributed by atoms with E-state index in [0.29, 0.717) is 6.61 Å². The Bertz CT molecular complexity index is 956. The van der Waals surface area contributed by atoms with Gasteiger partial charge in [0.05, 0.1) is 12.0 Å². The van der Waals surface area contributed by atoms with Gasteiger partial charge in [0.1, 0.15) is 0 Å². The zero-order valence-corrected chi connectivity index (χ0v) is 18.3. The number of nitrogens with one attached hydrogen (secondary N) is 1. The summed E-state index contributed by atoms with van der Waals surface area (Å²) >= 11 is 0. The Balaban J connectivity index is 1.47. The van der Waals surface area contributed by atoms with Crippen LogP contribution in [0.5, 0.6) is 0 Å². The molecule has 2 aliphatic rings. The van der Waals surface area contributed by atoms with Crippen molar-refractivity contribution in [1.29, 1.82) is 0 Å². The largest absolute Gasteiger partial charge is 0.465 e. The third-order valence-electron chi connectivity index (χ3n) is 7.06. The molecule has 4 nitrogen and oxygen atoms in total. The fraction of sp³-hybridized carbons (Fsp3) is 0.462. The number of hydrogen-bond donors (Lipinski definition) is 1. The van der Waals surface area contributed by atoms with Gasteiger partial charge in [0.2, 0.25) is 5.91 Å². The van der Waals surface area contributed by atoms with Crippen molar-refractivity contribution >= 4 is 17.6 Å². The molecular formula is C26H31NO3. The van der Waals surface area contributed by atoms with E-state index in [0.717, 1.165) is 17.7 Å². The Labute approximate surface area is 179 Å². The first kappa shape index (κ1) is 20.6. The number of rotatable bonds is 6. The van der Waals surface area contributed by atoms with Gasteiger partial charge in [-0.3, -0.25) is 9.59 Å². The van der Waals surface area contributed by atoms with Crippen LogP contribution in [0.2, 0.25) is 0 Å². The molecule has 30 heavy (non-hydrogen) atoms. The molecule has 2 aromatic carbocycles. The molecule has 1 saturated carbocycles. The Morgan fingerprint density at radius 2 is 1.80 bits per heavy atom. The van der Waals surface area contributed by atoms with Crippen molar-refractivity contribution in [2.75, 3.05) is 11.9 Å². The number of amides is 1. The molecule has 0 saturated heterocycles. The van der Waals surface area contributed by atoms with E-state index in [1.165, 1.54) is 24.0 Å². The second-order valence-corrected chi connectivity index (χ2v) is 9.42. The average Bonchev–Trinajstić information content (AvgIpc) is 3.41. The predicted octanol–water partition coefficient (Wildman–Crippen LogP) is 5.22. The summed E-state index contributed by atoms with van der Waals surface area (Å²) in [5.41, 5.74) is 3.94. The molecule has 1 unspecified atom stereocenters. The van der Waals surface area contributed by atoms with E-state index in [-0.39, 0.29) is 29.1 Å². The molecule has 0 aromatic heterocycles. The minimum Gasteiger partial charge on any atom is -0.465 e. The van der Waals surface area contributed by atoms with Gasteiger partial charge in [0.25, 0.3) is 0 Å². The summed E-state index contributed by atoms with van der Waals surface area (Å²) in [5.74, 6) is 0.00735. The summed E-state index contributed by atoms with van der Waals surface area (Å²) in [5, 5.41) is 3.09. The SMILES string of the molecule is CCOC(=O)C(C)(C)c1ccc(NC(=O)[C@@H](C)C2c3ccccc3CC23CC3)cc1. The van der Waals surface area contributed by atoms with Gasteiger partial charge >= 0.3 is 5.97 Å². The summed E-state index contributed by atoms with van der Waals surface area (Å²) < 4.78 is 5.19. The predicted molar refractivity (Wildman–Crippen MR) is 118 cm³/mol. The lowest BCUT2D eigenvalue weighted by Crippen LogP contribution is -2.31. The first-order chi connectivity index (χ1) is 14.3. The third-order valence-corrected chi connectivity index (χ3v) is 7.06. The molecule has 2 atom stereocenters. The lowest BCUT2D eigenvalue weighted by Gasteiger charge is -2.26. The van der Waals surface area contributed by atoms with Crippen LogP contribution in [0, 0.1) is 11.3 Å². The number of ether oxygens (including phenoxy) is 1. The molecule has 1 N–H and O–H groups in total. The third kappa shape index (κ3) is 3.53. The highest BCUT2D eigenvalue weighted by atomic mass is 16.5. The number of carbonyl (C=O) groups excluding carboxylic acids is 2. The van der Waals surface area contributed by atoms with Crippen LogP contribution < -0.4 is 5.32 Å². The number of anilines is 1. The van der Waals surface area contributed by atoms with Crippen molar-refractivity contribution < 1.29 is 14.3 Å². The first-order valence-electron chi connectivity index (χ1n) is 10.9. The average molecular weight is 406 g/mol. The molecule has 1 amide bonds. The standard InChI is InChI=1S/C26H31NO3/c1-5-30-24(29)25(3,4)19-10-12-20(13-11-19)27-23(28)17(2)22-21-9-7-6-8-18(21)16-26(22)14-15-26/h6-13,17,22H,5,14-16H2,1-4H3,(H,27,28)/t17-,22?/m0/s1. The molecule has 2 aliphatic carbocycles. The van der Waals surface area contributed by atoms with Crippen LogP contribution in [0.3, 0.4) is 0 Å². The van der Waals surface area contributed by atoms with Crippen molar-refractivity contribution in [3.8, 4) is 0 Å². The van der Waals surface area contributed by atoms with Crippen molar-refractivity contribution in [2.24, 2.45) is 11.3 Å². The van der Waals surface area contributed by atoms with Gasteiger partial charge in [0, 0.05) is 17.5 Å². The van der Waals surface area contributed by atoms with E-state index in [9.17, 15) is 9.59 Å². The van der Waals surface area contributed by atoms with Crippen LogP contribution in [0.25, 0.3) is 0 Å². The molecule has 158 valence electrons. The highest BCUT2D eigenvalue weighted by Gasteiger charge is 2.56. The summed E-state index contributed by atoms with van der Waals surface area (Å²) in [6.07, 6.45) is 3.52. The molecule has 2 aromatic rings. The fourth-order valence-corrected chi connectivity index (χ4v) is 5.07. The summed E-state index contributed by atoms with van der Waals surface area (Å²) in [4.78, 5) is 25.4. The van der Waals surface area contributed by atoms with E-state index in [1.807, 2.05) is 45.0 Å². The zero-order chi connectivity index (χ0) is 21.5.